The molecule has 18 heavy (non-hydrogen) atoms. The summed E-state index contributed by atoms with van der Waals surface area (Å²) >= 11 is 11.9. The van der Waals surface area contributed by atoms with Crippen molar-refractivity contribution in [3.8, 4) is 5.75 Å². The number of rotatable bonds is 3. The molecule has 0 aromatic heterocycles. The van der Waals surface area contributed by atoms with E-state index in [-0.39, 0.29) is 11.8 Å². The second-order valence-corrected chi connectivity index (χ2v) is 4.90. The van der Waals surface area contributed by atoms with E-state index in [1.807, 2.05) is 25.1 Å². The molecule has 1 unspecified atom stereocenters. The largest absolute Gasteiger partial charge is 0.508 e. The van der Waals surface area contributed by atoms with Crippen LogP contribution in [0.25, 0.3) is 0 Å². The molecule has 4 heteroatoms. The molecule has 0 fully saturated rings. The van der Waals surface area contributed by atoms with Gasteiger partial charge >= 0.3 is 0 Å². The fraction of sp³-hybridized carbons (Fsp3) is 0.143. The average molecular weight is 282 g/mol. The summed E-state index contributed by atoms with van der Waals surface area (Å²) in [4.78, 5) is 0. The number of hydrogen-bond donors (Lipinski definition) is 2. The Morgan fingerprint density at radius 3 is 2.50 bits per heavy atom. The van der Waals surface area contributed by atoms with E-state index in [1.165, 1.54) is 0 Å². The predicted molar refractivity (Wildman–Crippen MR) is 76.6 cm³/mol. The molecule has 0 aliphatic rings. The number of aromatic hydroxyl groups is 1. The molecular weight excluding hydrogens is 269 g/mol. The highest BCUT2D eigenvalue weighted by Gasteiger charge is 2.07. The Morgan fingerprint density at radius 2 is 1.83 bits per heavy atom. The van der Waals surface area contributed by atoms with Crippen LogP contribution in [0.4, 0.5) is 5.69 Å². The lowest BCUT2D eigenvalue weighted by molar-refractivity contribution is 0.475. The maximum atomic E-state index is 9.40. The number of anilines is 1. The van der Waals surface area contributed by atoms with E-state index in [9.17, 15) is 5.11 Å². The Labute approximate surface area is 116 Å². The predicted octanol–water partition coefficient (Wildman–Crippen LogP) is 4.87. The third kappa shape index (κ3) is 3.09. The molecule has 0 aliphatic carbocycles. The van der Waals surface area contributed by atoms with Crippen molar-refractivity contribution in [1.29, 1.82) is 0 Å². The van der Waals surface area contributed by atoms with Crippen molar-refractivity contribution < 1.29 is 5.11 Å². The van der Waals surface area contributed by atoms with Crippen molar-refractivity contribution in [3.63, 3.8) is 0 Å². The number of hydrogen-bond acceptors (Lipinski definition) is 2. The molecular formula is C14H13Cl2NO. The second kappa shape index (κ2) is 5.51. The normalized spacial score (nSPS) is 12.2. The van der Waals surface area contributed by atoms with Crippen LogP contribution < -0.4 is 5.32 Å². The van der Waals surface area contributed by atoms with Crippen LogP contribution in [0.1, 0.15) is 18.5 Å². The van der Waals surface area contributed by atoms with E-state index in [0.29, 0.717) is 10.0 Å². The summed E-state index contributed by atoms with van der Waals surface area (Å²) < 4.78 is 0. The molecule has 0 saturated carbocycles. The lowest BCUT2D eigenvalue weighted by Gasteiger charge is -2.16. The third-order valence-electron chi connectivity index (χ3n) is 2.67. The smallest absolute Gasteiger partial charge is 0.117 e. The van der Waals surface area contributed by atoms with Crippen molar-refractivity contribution in [2.45, 2.75) is 13.0 Å². The molecule has 0 aliphatic heterocycles. The summed E-state index contributed by atoms with van der Waals surface area (Å²) in [5, 5.41) is 13.8. The van der Waals surface area contributed by atoms with Crippen LogP contribution in [0.15, 0.2) is 42.5 Å². The van der Waals surface area contributed by atoms with Crippen LogP contribution in [-0.4, -0.2) is 5.11 Å². The topological polar surface area (TPSA) is 32.3 Å². The molecule has 0 heterocycles. The molecule has 0 bridgehead atoms. The minimum Gasteiger partial charge on any atom is -0.508 e. The van der Waals surface area contributed by atoms with Gasteiger partial charge in [0.1, 0.15) is 5.75 Å². The van der Waals surface area contributed by atoms with Gasteiger partial charge in [-0.3, -0.25) is 0 Å². The molecule has 2 rings (SSSR count). The van der Waals surface area contributed by atoms with E-state index in [2.05, 4.69) is 5.32 Å². The maximum Gasteiger partial charge on any atom is 0.117 e. The van der Waals surface area contributed by atoms with Gasteiger partial charge in [-0.05, 0) is 36.8 Å². The van der Waals surface area contributed by atoms with Gasteiger partial charge in [0, 0.05) is 17.8 Å². The van der Waals surface area contributed by atoms with Gasteiger partial charge in [-0.2, -0.15) is 0 Å². The molecule has 94 valence electrons. The van der Waals surface area contributed by atoms with Gasteiger partial charge in [0.25, 0.3) is 0 Å². The van der Waals surface area contributed by atoms with Crippen molar-refractivity contribution in [2.75, 3.05) is 5.32 Å². The van der Waals surface area contributed by atoms with Gasteiger partial charge in [0.05, 0.1) is 10.0 Å². The Kier molecular flexibility index (Phi) is 4.00. The quantitative estimate of drug-likeness (QED) is 0.841. The fourth-order valence-corrected chi connectivity index (χ4v) is 2.02. The second-order valence-electron chi connectivity index (χ2n) is 4.09. The van der Waals surface area contributed by atoms with Gasteiger partial charge in [-0.25, -0.2) is 0 Å². The van der Waals surface area contributed by atoms with E-state index < -0.39 is 0 Å². The van der Waals surface area contributed by atoms with Crippen LogP contribution >= 0.6 is 23.2 Å². The first-order valence-corrected chi connectivity index (χ1v) is 6.32. The summed E-state index contributed by atoms with van der Waals surface area (Å²) in [6.45, 7) is 2.02. The van der Waals surface area contributed by atoms with E-state index >= 15 is 0 Å². The molecule has 2 N–H and O–H groups in total. The van der Waals surface area contributed by atoms with Crippen LogP contribution in [0.2, 0.25) is 10.0 Å². The van der Waals surface area contributed by atoms with Gasteiger partial charge in [0.2, 0.25) is 0 Å². The van der Waals surface area contributed by atoms with Crippen molar-refractivity contribution in [2.24, 2.45) is 0 Å². The van der Waals surface area contributed by atoms with Crippen LogP contribution in [0, 0.1) is 0 Å². The Balaban J connectivity index is 2.16. The molecule has 0 amide bonds. The zero-order valence-corrected chi connectivity index (χ0v) is 11.3. The molecule has 1 atom stereocenters. The van der Waals surface area contributed by atoms with Crippen molar-refractivity contribution in [3.05, 3.63) is 58.1 Å². The lowest BCUT2D eigenvalue weighted by Crippen LogP contribution is -2.06. The molecule has 2 aromatic rings. The van der Waals surface area contributed by atoms with Crippen molar-refractivity contribution in [1.82, 2.24) is 0 Å². The molecule has 2 nitrogen and oxygen atoms in total. The highest BCUT2D eigenvalue weighted by molar-refractivity contribution is 6.42. The summed E-state index contributed by atoms with van der Waals surface area (Å²) in [6, 6.07) is 12.6. The number of halogens is 2. The molecule has 0 saturated heterocycles. The number of phenolic OH excluding ortho intramolecular Hbond substituents is 1. The average Bonchev–Trinajstić information content (AvgIpc) is 2.32. The van der Waals surface area contributed by atoms with Crippen LogP contribution in [0.5, 0.6) is 5.75 Å². The summed E-state index contributed by atoms with van der Waals surface area (Å²) in [5.74, 6) is 0.237. The Hall–Kier alpha value is -1.38. The molecule has 0 spiro atoms. The number of benzene rings is 2. The standard InChI is InChI=1S/C14H13Cl2NO/c1-9(10-5-6-13(15)14(16)7-10)17-11-3-2-4-12(18)8-11/h2-9,17-18H,1H3. The van der Waals surface area contributed by atoms with Crippen molar-refractivity contribution >= 4 is 28.9 Å². The van der Waals surface area contributed by atoms with E-state index in [1.54, 1.807) is 24.3 Å². The van der Waals surface area contributed by atoms with Gasteiger partial charge in [-0.1, -0.05) is 35.3 Å². The van der Waals surface area contributed by atoms with Gasteiger partial charge in [0.15, 0.2) is 0 Å². The van der Waals surface area contributed by atoms with Crippen LogP contribution in [0.3, 0.4) is 0 Å². The monoisotopic (exact) mass is 281 g/mol. The zero-order valence-electron chi connectivity index (χ0n) is 9.82. The minimum absolute atomic E-state index is 0.0709. The Morgan fingerprint density at radius 1 is 1.06 bits per heavy atom. The molecule has 2 aromatic carbocycles. The Bertz CT molecular complexity index is 557. The van der Waals surface area contributed by atoms with E-state index in [0.717, 1.165) is 11.3 Å². The van der Waals surface area contributed by atoms with Gasteiger partial charge in [-0.15, -0.1) is 0 Å². The number of phenols is 1. The minimum atomic E-state index is 0.0709. The van der Waals surface area contributed by atoms with E-state index in [4.69, 9.17) is 23.2 Å². The summed E-state index contributed by atoms with van der Waals surface area (Å²) in [5.41, 5.74) is 1.89. The first kappa shape index (κ1) is 13.1. The first-order chi connectivity index (χ1) is 8.56. The highest BCUT2D eigenvalue weighted by atomic mass is 35.5. The van der Waals surface area contributed by atoms with Crippen LogP contribution in [-0.2, 0) is 0 Å². The fourth-order valence-electron chi connectivity index (χ4n) is 1.71. The van der Waals surface area contributed by atoms with Gasteiger partial charge < -0.3 is 10.4 Å². The SMILES string of the molecule is CC(Nc1cccc(O)c1)c1ccc(Cl)c(Cl)c1. The lowest BCUT2D eigenvalue weighted by atomic mass is 10.1. The summed E-state index contributed by atoms with van der Waals surface area (Å²) in [7, 11) is 0. The number of nitrogens with one attached hydrogen (secondary N) is 1. The zero-order chi connectivity index (χ0) is 13.1. The highest BCUT2D eigenvalue weighted by Crippen LogP contribution is 2.27. The first-order valence-electron chi connectivity index (χ1n) is 5.57. The third-order valence-corrected chi connectivity index (χ3v) is 3.41. The summed E-state index contributed by atoms with van der Waals surface area (Å²) in [6.07, 6.45) is 0. The molecule has 0 radical (unpaired) electrons. The maximum absolute atomic E-state index is 9.40.